The Morgan fingerprint density at radius 1 is 1.24 bits per heavy atom. The molecule has 0 saturated carbocycles. The van der Waals surface area contributed by atoms with Crippen LogP contribution in [0.3, 0.4) is 0 Å². The van der Waals surface area contributed by atoms with E-state index in [0.717, 1.165) is 0 Å². The van der Waals surface area contributed by atoms with Gasteiger partial charge in [-0.15, -0.1) is 0 Å². The Labute approximate surface area is 127 Å². The summed E-state index contributed by atoms with van der Waals surface area (Å²) in [6.07, 6.45) is -0.604. The van der Waals surface area contributed by atoms with Gasteiger partial charge in [-0.25, -0.2) is 4.39 Å². The Kier molecular flexibility index (Phi) is 5.04. The van der Waals surface area contributed by atoms with E-state index in [-0.39, 0.29) is 12.4 Å². The van der Waals surface area contributed by atoms with Crippen LogP contribution in [0.1, 0.15) is 24.2 Å². The third-order valence-electron chi connectivity index (χ3n) is 3.08. The van der Waals surface area contributed by atoms with Crippen LogP contribution in [0.2, 0.25) is 5.02 Å². The summed E-state index contributed by atoms with van der Waals surface area (Å²) in [6.45, 7) is 1.69. The van der Waals surface area contributed by atoms with Gasteiger partial charge in [0, 0.05) is 5.56 Å². The Balaban J connectivity index is 2.13. The van der Waals surface area contributed by atoms with Crippen molar-refractivity contribution in [2.24, 2.45) is 0 Å². The molecule has 1 N–H and O–H groups in total. The van der Waals surface area contributed by atoms with Gasteiger partial charge in [0.25, 0.3) is 0 Å². The fourth-order valence-corrected chi connectivity index (χ4v) is 2.12. The summed E-state index contributed by atoms with van der Waals surface area (Å²) in [5.74, 6) is 0.159. The molecule has 0 radical (unpaired) electrons. The molecule has 0 saturated heterocycles. The van der Waals surface area contributed by atoms with E-state index in [0.29, 0.717) is 21.9 Å². The quantitative estimate of drug-likeness (QED) is 0.903. The van der Waals surface area contributed by atoms with Gasteiger partial charge in [0.2, 0.25) is 0 Å². The van der Waals surface area contributed by atoms with Crippen molar-refractivity contribution in [1.82, 2.24) is 0 Å². The molecule has 0 bridgehead atoms. The second-order valence-corrected chi connectivity index (χ2v) is 5.00. The molecule has 2 rings (SSSR count). The van der Waals surface area contributed by atoms with Crippen molar-refractivity contribution in [3.05, 3.63) is 58.4 Å². The number of hydrogen-bond donors (Lipinski definition) is 1. The maximum absolute atomic E-state index is 14.0. The van der Waals surface area contributed by atoms with Crippen LogP contribution in [0.15, 0.2) is 36.4 Å². The zero-order chi connectivity index (χ0) is 15.4. The molecule has 0 aliphatic rings. The van der Waals surface area contributed by atoms with Crippen molar-refractivity contribution in [2.75, 3.05) is 7.11 Å². The lowest BCUT2D eigenvalue weighted by Crippen LogP contribution is -2.01. The maximum Gasteiger partial charge on any atom is 0.171 e. The topological polar surface area (TPSA) is 38.7 Å². The van der Waals surface area contributed by atoms with E-state index in [1.165, 1.54) is 7.11 Å². The standard InChI is InChI=1S/C16H16ClFO3/c1-10(19)11-6-7-14(13(17)8-11)21-9-12-4-3-5-15(20-2)16(12)18/h3-8,10,19H,9H2,1-2H3. The molecule has 1 atom stereocenters. The summed E-state index contributed by atoms with van der Waals surface area (Å²) < 4.78 is 24.4. The van der Waals surface area contributed by atoms with Gasteiger partial charge < -0.3 is 14.6 Å². The van der Waals surface area contributed by atoms with E-state index in [1.54, 1.807) is 43.3 Å². The zero-order valence-corrected chi connectivity index (χ0v) is 12.5. The van der Waals surface area contributed by atoms with Crippen LogP contribution in [0.4, 0.5) is 4.39 Å². The largest absolute Gasteiger partial charge is 0.494 e. The summed E-state index contributed by atoms with van der Waals surface area (Å²) in [5, 5.41) is 9.85. The molecule has 0 heterocycles. The highest BCUT2D eigenvalue weighted by Gasteiger charge is 2.11. The average molecular weight is 311 g/mol. The van der Waals surface area contributed by atoms with Crippen LogP contribution in [-0.4, -0.2) is 12.2 Å². The first kappa shape index (κ1) is 15.6. The summed E-state index contributed by atoms with van der Waals surface area (Å²) >= 11 is 6.08. The molecule has 2 aromatic rings. The monoisotopic (exact) mass is 310 g/mol. The van der Waals surface area contributed by atoms with Gasteiger partial charge >= 0.3 is 0 Å². The molecule has 112 valence electrons. The lowest BCUT2D eigenvalue weighted by molar-refractivity contribution is 0.199. The minimum Gasteiger partial charge on any atom is -0.494 e. The van der Waals surface area contributed by atoms with Crippen LogP contribution in [0, 0.1) is 5.82 Å². The maximum atomic E-state index is 14.0. The summed E-state index contributed by atoms with van der Waals surface area (Å²) in [5.41, 5.74) is 1.07. The molecule has 3 nitrogen and oxygen atoms in total. The summed E-state index contributed by atoms with van der Waals surface area (Å²) in [7, 11) is 1.41. The van der Waals surface area contributed by atoms with Crippen LogP contribution < -0.4 is 9.47 Å². The SMILES string of the molecule is COc1cccc(COc2ccc(C(C)O)cc2Cl)c1F. The van der Waals surface area contributed by atoms with Crippen LogP contribution in [-0.2, 0) is 6.61 Å². The van der Waals surface area contributed by atoms with Crippen LogP contribution in [0.5, 0.6) is 11.5 Å². The second kappa shape index (κ2) is 6.78. The number of methoxy groups -OCH3 is 1. The zero-order valence-electron chi connectivity index (χ0n) is 11.8. The smallest absolute Gasteiger partial charge is 0.171 e. The van der Waals surface area contributed by atoms with E-state index in [4.69, 9.17) is 21.1 Å². The molecule has 5 heteroatoms. The number of halogens is 2. The highest BCUT2D eigenvalue weighted by molar-refractivity contribution is 6.32. The fourth-order valence-electron chi connectivity index (χ4n) is 1.87. The Hall–Kier alpha value is -1.78. The number of benzene rings is 2. The van der Waals surface area contributed by atoms with Crippen molar-refractivity contribution in [3.63, 3.8) is 0 Å². The predicted octanol–water partition coefficient (Wildman–Crippen LogP) is 4.12. The number of aliphatic hydroxyl groups excluding tert-OH is 1. The van der Waals surface area contributed by atoms with Crippen molar-refractivity contribution in [1.29, 1.82) is 0 Å². The minimum absolute atomic E-state index is 0.0385. The van der Waals surface area contributed by atoms with Gasteiger partial charge in [-0.05, 0) is 30.7 Å². The highest BCUT2D eigenvalue weighted by Crippen LogP contribution is 2.29. The predicted molar refractivity (Wildman–Crippen MR) is 79.4 cm³/mol. The van der Waals surface area contributed by atoms with Crippen molar-refractivity contribution < 1.29 is 19.0 Å². The van der Waals surface area contributed by atoms with Gasteiger partial charge in [-0.2, -0.15) is 0 Å². The van der Waals surface area contributed by atoms with Crippen molar-refractivity contribution >= 4 is 11.6 Å². The minimum atomic E-state index is -0.604. The van der Waals surface area contributed by atoms with Crippen molar-refractivity contribution in [3.8, 4) is 11.5 Å². The number of hydrogen-bond acceptors (Lipinski definition) is 3. The lowest BCUT2D eigenvalue weighted by Gasteiger charge is -2.12. The van der Waals surface area contributed by atoms with E-state index in [1.807, 2.05) is 0 Å². The first-order valence-corrected chi connectivity index (χ1v) is 6.82. The van der Waals surface area contributed by atoms with E-state index in [2.05, 4.69) is 0 Å². The van der Waals surface area contributed by atoms with E-state index >= 15 is 0 Å². The van der Waals surface area contributed by atoms with Crippen LogP contribution >= 0.6 is 11.6 Å². The molecule has 0 aromatic heterocycles. The lowest BCUT2D eigenvalue weighted by atomic mass is 10.1. The van der Waals surface area contributed by atoms with Gasteiger partial charge in [0.1, 0.15) is 12.4 Å². The van der Waals surface area contributed by atoms with E-state index in [9.17, 15) is 9.50 Å². The first-order chi connectivity index (χ1) is 10.0. The van der Waals surface area contributed by atoms with Gasteiger partial charge in [-0.3, -0.25) is 0 Å². The highest BCUT2D eigenvalue weighted by atomic mass is 35.5. The normalized spacial score (nSPS) is 12.0. The summed E-state index contributed by atoms with van der Waals surface area (Å²) in [6, 6.07) is 9.86. The molecule has 0 fully saturated rings. The molecule has 0 aliphatic carbocycles. The molecule has 21 heavy (non-hydrogen) atoms. The third kappa shape index (κ3) is 3.65. The number of ether oxygens (including phenoxy) is 2. The molecule has 0 aliphatic heterocycles. The van der Waals surface area contributed by atoms with Crippen LogP contribution in [0.25, 0.3) is 0 Å². The Bertz CT molecular complexity index is 629. The molecule has 1 unspecified atom stereocenters. The fraction of sp³-hybridized carbons (Fsp3) is 0.250. The summed E-state index contributed by atoms with van der Waals surface area (Å²) in [4.78, 5) is 0. The molecule has 0 amide bonds. The molecular formula is C16H16ClFO3. The third-order valence-corrected chi connectivity index (χ3v) is 3.38. The van der Waals surface area contributed by atoms with Gasteiger partial charge in [-0.1, -0.05) is 29.8 Å². The number of aliphatic hydroxyl groups is 1. The average Bonchev–Trinajstić information content (AvgIpc) is 2.47. The molecule has 0 spiro atoms. The Morgan fingerprint density at radius 3 is 2.62 bits per heavy atom. The van der Waals surface area contributed by atoms with E-state index < -0.39 is 11.9 Å². The Morgan fingerprint density at radius 2 is 2.00 bits per heavy atom. The van der Waals surface area contributed by atoms with Gasteiger partial charge in [0.05, 0.1) is 18.2 Å². The molecular weight excluding hydrogens is 295 g/mol. The number of rotatable bonds is 5. The van der Waals surface area contributed by atoms with Gasteiger partial charge in [0.15, 0.2) is 11.6 Å². The second-order valence-electron chi connectivity index (χ2n) is 4.59. The first-order valence-electron chi connectivity index (χ1n) is 6.44. The molecule has 2 aromatic carbocycles. The van der Waals surface area contributed by atoms with Crippen molar-refractivity contribution in [2.45, 2.75) is 19.6 Å².